The number of benzene rings is 1. The fourth-order valence-electron chi connectivity index (χ4n) is 3.03. The van der Waals surface area contributed by atoms with Crippen LogP contribution in [-0.4, -0.2) is 25.9 Å². The summed E-state index contributed by atoms with van der Waals surface area (Å²) in [4.78, 5) is 0.453. The van der Waals surface area contributed by atoms with Gasteiger partial charge in [-0.3, -0.25) is 0 Å². The Bertz CT molecular complexity index is 521. The summed E-state index contributed by atoms with van der Waals surface area (Å²) in [5, 5.41) is 9.74. The lowest BCUT2D eigenvalue weighted by Gasteiger charge is -2.35. The van der Waals surface area contributed by atoms with Gasteiger partial charge in [0, 0.05) is 17.9 Å². The maximum atomic E-state index is 12.2. The Morgan fingerprint density at radius 3 is 2.44 bits per heavy atom. The molecule has 0 radical (unpaired) electrons. The maximum Gasteiger partial charge on any atom is 0.179 e. The normalized spacial score (nSPS) is 21.8. The molecule has 1 aromatic rings. The van der Waals surface area contributed by atoms with Crippen molar-refractivity contribution < 1.29 is 13.5 Å². The molecule has 0 amide bonds. The third kappa shape index (κ3) is 1.88. The smallest absolute Gasteiger partial charge is 0.179 e. The molecule has 100 valence electrons. The van der Waals surface area contributed by atoms with Gasteiger partial charge in [0.25, 0.3) is 0 Å². The summed E-state index contributed by atoms with van der Waals surface area (Å²) >= 11 is 0. The number of sulfone groups is 1. The molecule has 0 aliphatic carbocycles. The summed E-state index contributed by atoms with van der Waals surface area (Å²) in [5.41, 5.74) is 0.565. The molecule has 0 fully saturated rings. The first kappa shape index (κ1) is 13.6. The Hall–Kier alpha value is -0.870. The van der Waals surface area contributed by atoms with E-state index in [1.165, 1.54) is 0 Å². The van der Waals surface area contributed by atoms with E-state index >= 15 is 0 Å². The Balaban J connectivity index is 2.57. The van der Waals surface area contributed by atoms with Gasteiger partial charge in [-0.15, -0.1) is 0 Å². The average Bonchev–Trinajstić information content (AvgIpc) is 2.66. The molecular formula is C14H20O3S. The van der Waals surface area contributed by atoms with Crippen molar-refractivity contribution in [3.05, 3.63) is 29.8 Å². The van der Waals surface area contributed by atoms with E-state index in [1.54, 1.807) is 12.1 Å². The van der Waals surface area contributed by atoms with Crippen molar-refractivity contribution in [2.24, 2.45) is 5.41 Å². The van der Waals surface area contributed by atoms with Gasteiger partial charge in [0.1, 0.15) is 0 Å². The van der Waals surface area contributed by atoms with Gasteiger partial charge in [0.05, 0.1) is 10.6 Å². The molecule has 1 unspecified atom stereocenters. The van der Waals surface area contributed by atoms with E-state index in [1.807, 2.05) is 26.0 Å². The fraction of sp³-hybridized carbons (Fsp3) is 0.571. The first-order valence-electron chi connectivity index (χ1n) is 6.43. The first-order valence-corrected chi connectivity index (χ1v) is 8.08. The second-order valence-electron chi connectivity index (χ2n) is 5.10. The molecule has 3 nitrogen and oxygen atoms in total. The molecule has 0 saturated heterocycles. The first-order chi connectivity index (χ1) is 8.50. The number of aliphatic hydroxyl groups is 1. The molecule has 0 spiro atoms. The van der Waals surface area contributed by atoms with Crippen LogP contribution in [0.1, 0.15) is 38.2 Å². The molecule has 1 N–H and O–H groups in total. The Morgan fingerprint density at radius 2 is 1.89 bits per heavy atom. The minimum Gasteiger partial charge on any atom is -0.396 e. The van der Waals surface area contributed by atoms with Gasteiger partial charge in [0.15, 0.2) is 9.84 Å². The third-order valence-corrected chi connectivity index (χ3v) is 6.29. The monoisotopic (exact) mass is 268 g/mol. The molecule has 1 atom stereocenters. The van der Waals surface area contributed by atoms with Crippen molar-refractivity contribution in [2.75, 3.05) is 12.4 Å². The molecule has 1 aromatic carbocycles. The van der Waals surface area contributed by atoms with Crippen molar-refractivity contribution in [2.45, 2.75) is 37.5 Å². The number of hydrogen-bond acceptors (Lipinski definition) is 3. The zero-order valence-electron chi connectivity index (χ0n) is 10.9. The molecular weight excluding hydrogens is 248 g/mol. The fourth-order valence-corrected chi connectivity index (χ4v) is 5.04. The molecule has 4 heteroatoms. The van der Waals surface area contributed by atoms with E-state index < -0.39 is 9.84 Å². The summed E-state index contributed by atoms with van der Waals surface area (Å²) in [6.07, 6.45) is 1.57. The number of fused-ring (bicyclic) bond motifs is 1. The highest BCUT2D eigenvalue weighted by molar-refractivity contribution is 7.91. The molecule has 1 aliphatic rings. The number of aliphatic hydroxyl groups excluding tert-OH is 1. The zero-order valence-corrected chi connectivity index (χ0v) is 11.7. The summed E-state index contributed by atoms with van der Waals surface area (Å²) in [6, 6.07) is 7.20. The molecule has 18 heavy (non-hydrogen) atoms. The van der Waals surface area contributed by atoms with E-state index in [2.05, 4.69) is 0 Å². The van der Waals surface area contributed by atoms with Gasteiger partial charge in [-0.2, -0.15) is 0 Å². The molecule has 0 aromatic heterocycles. The van der Waals surface area contributed by atoms with Crippen LogP contribution in [0.25, 0.3) is 0 Å². The van der Waals surface area contributed by atoms with Crippen molar-refractivity contribution >= 4 is 9.84 Å². The second kappa shape index (κ2) is 4.67. The van der Waals surface area contributed by atoms with Crippen LogP contribution in [0.4, 0.5) is 0 Å². The van der Waals surface area contributed by atoms with E-state index in [4.69, 9.17) is 0 Å². The summed E-state index contributed by atoms with van der Waals surface area (Å²) in [5.74, 6) is 0.0490. The highest BCUT2D eigenvalue weighted by Gasteiger charge is 2.45. The van der Waals surface area contributed by atoms with Crippen LogP contribution in [-0.2, 0) is 9.84 Å². The van der Waals surface area contributed by atoms with Crippen molar-refractivity contribution in [3.63, 3.8) is 0 Å². The van der Waals surface area contributed by atoms with Gasteiger partial charge in [-0.1, -0.05) is 32.0 Å². The minimum atomic E-state index is -3.18. The summed E-state index contributed by atoms with van der Waals surface area (Å²) < 4.78 is 24.4. The third-order valence-electron chi connectivity index (χ3n) is 4.48. The second-order valence-corrected chi connectivity index (χ2v) is 7.10. The van der Waals surface area contributed by atoms with Crippen LogP contribution in [0.15, 0.2) is 29.2 Å². The Morgan fingerprint density at radius 1 is 1.28 bits per heavy atom. The van der Waals surface area contributed by atoms with E-state index in [0.717, 1.165) is 18.4 Å². The average molecular weight is 268 g/mol. The Labute approximate surface area is 109 Å². The van der Waals surface area contributed by atoms with E-state index in [0.29, 0.717) is 4.90 Å². The SMILES string of the molecule is CCC(CC)(CO)C1CS(=O)(=O)c2ccccc21. The number of rotatable bonds is 4. The summed E-state index contributed by atoms with van der Waals surface area (Å²) in [6.45, 7) is 4.08. The minimum absolute atomic E-state index is 0.0362. The summed E-state index contributed by atoms with van der Waals surface area (Å²) in [7, 11) is -3.18. The molecule has 1 aliphatic heterocycles. The van der Waals surface area contributed by atoms with Crippen molar-refractivity contribution in [1.82, 2.24) is 0 Å². The van der Waals surface area contributed by atoms with Crippen LogP contribution in [0, 0.1) is 5.41 Å². The van der Waals surface area contributed by atoms with Gasteiger partial charge in [-0.25, -0.2) is 8.42 Å². The lowest BCUT2D eigenvalue weighted by molar-refractivity contribution is 0.0924. The lowest BCUT2D eigenvalue weighted by atomic mass is 9.70. The van der Waals surface area contributed by atoms with Crippen LogP contribution < -0.4 is 0 Å². The maximum absolute atomic E-state index is 12.2. The quantitative estimate of drug-likeness (QED) is 0.912. The molecule has 0 bridgehead atoms. The zero-order chi connectivity index (χ0) is 13.4. The Kier molecular flexibility index (Phi) is 3.52. The van der Waals surface area contributed by atoms with E-state index in [-0.39, 0.29) is 23.7 Å². The number of hydrogen-bond donors (Lipinski definition) is 1. The molecule has 1 heterocycles. The van der Waals surface area contributed by atoms with Crippen LogP contribution in [0.5, 0.6) is 0 Å². The predicted octanol–water partition coefficient (Wildman–Crippen LogP) is 2.36. The van der Waals surface area contributed by atoms with Gasteiger partial charge < -0.3 is 5.11 Å². The highest BCUT2D eigenvalue weighted by atomic mass is 32.2. The molecule has 2 rings (SSSR count). The van der Waals surface area contributed by atoms with Gasteiger partial charge in [-0.05, 0) is 24.5 Å². The van der Waals surface area contributed by atoms with Crippen LogP contribution in [0.3, 0.4) is 0 Å². The van der Waals surface area contributed by atoms with Crippen LogP contribution >= 0.6 is 0 Å². The highest BCUT2D eigenvalue weighted by Crippen LogP contribution is 2.48. The standard InChI is InChI=1S/C14H20O3S/c1-3-14(4-2,10-15)12-9-18(16,17)13-8-6-5-7-11(12)13/h5-8,12,15H,3-4,9-10H2,1-2H3. The van der Waals surface area contributed by atoms with E-state index in [9.17, 15) is 13.5 Å². The predicted molar refractivity (Wildman–Crippen MR) is 71.3 cm³/mol. The van der Waals surface area contributed by atoms with Gasteiger partial charge >= 0.3 is 0 Å². The topological polar surface area (TPSA) is 54.4 Å². The molecule has 0 saturated carbocycles. The van der Waals surface area contributed by atoms with Crippen molar-refractivity contribution in [1.29, 1.82) is 0 Å². The largest absolute Gasteiger partial charge is 0.396 e. The lowest BCUT2D eigenvalue weighted by Crippen LogP contribution is -2.32. The van der Waals surface area contributed by atoms with Crippen molar-refractivity contribution in [3.8, 4) is 0 Å². The van der Waals surface area contributed by atoms with Crippen LogP contribution in [0.2, 0.25) is 0 Å². The van der Waals surface area contributed by atoms with Gasteiger partial charge in [0.2, 0.25) is 0 Å².